The number of halogens is 1. The molecule has 1 amide bonds. The Morgan fingerprint density at radius 3 is 2.70 bits per heavy atom. The van der Waals surface area contributed by atoms with Crippen molar-refractivity contribution in [2.24, 2.45) is 0 Å². The Hall–Kier alpha value is -2.17. The van der Waals surface area contributed by atoms with E-state index in [1.54, 1.807) is 29.1 Å². The van der Waals surface area contributed by atoms with E-state index in [1.807, 2.05) is 13.8 Å². The fourth-order valence-corrected chi connectivity index (χ4v) is 2.02. The second-order valence-corrected chi connectivity index (χ2v) is 4.69. The van der Waals surface area contributed by atoms with Crippen LogP contribution in [0.25, 0.3) is 0 Å². The molecule has 1 N–H and O–H groups in total. The van der Waals surface area contributed by atoms with Gasteiger partial charge in [-0.1, -0.05) is 19.1 Å². The Morgan fingerprint density at radius 1 is 1.35 bits per heavy atom. The van der Waals surface area contributed by atoms with Crippen LogP contribution in [-0.4, -0.2) is 22.2 Å². The van der Waals surface area contributed by atoms with Gasteiger partial charge >= 0.3 is 0 Å². The van der Waals surface area contributed by atoms with Gasteiger partial charge in [-0.2, -0.15) is 5.10 Å². The van der Waals surface area contributed by atoms with Gasteiger partial charge in [-0.25, -0.2) is 4.39 Å². The van der Waals surface area contributed by atoms with Crippen LogP contribution >= 0.6 is 0 Å². The lowest BCUT2D eigenvalue weighted by Crippen LogP contribution is -2.29. The Balaban J connectivity index is 1.95. The highest BCUT2D eigenvalue weighted by Crippen LogP contribution is 2.14. The lowest BCUT2D eigenvalue weighted by Gasteiger charge is -2.13. The summed E-state index contributed by atoms with van der Waals surface area (Å²) in [5.74, 6) is -0.271. The minimum Gasteiger partial charge on any atom is -0.350 e. The van der Waals surface area contributed by atoms with Crippen LogP contribution in [0, 0.1) is 5.82 Å². The molecule has 0 aliphatic heterocycles. The van der Waals surface area contributed by atoms with Crippen LogP contribution in [0.15, 0.2) is 36.5 Å². The second-order valence-electron chi connectivity index (χ2n) is 4.69. The fourth-order valence-electron chi connectivity index (χ4n) is 2.02. The van der Waals surface area contributed by atoms with E-state index in [0.29, 0.717) is 18.8 Å². The monoisotopic (exact) mass is 275 g/mol. The molecule has 2 aromatic rings. The molecule has 0 aliphatic carbocycles. The third-order valence-corrected chi connectivity index (χ3v) is 3.26. The zero-order valence-corrected chi connectivity index (χ0v) is 11.6. The summed E-state index contributed by atoms with van der Waals surface area (Å²) in [5.41, 5.74) is 1.55. The summed E-state index contributed by atoms with van der Waals surface area (Å²) in [6.45, 7) is 5.08. The number of rotatable bonds is 5. The first-order valence-electron chi connectivity index (χ1n) is 6.67. The maximum atomic E-state index is 12.9. The SMILES string of the molecule is CCn1nccc1C(=O)NCC(C)c1ccc(F)cc1. The molecule has 1 aromatic heterocycles. The van der Waals surface area contributed by atoms with Gasteiger partial charge in [-0.05, 0) is 36.6 Å². The number of amides is 1. The quantitative estimate of drug-likeness (QED) is 0.911. The lowest BCUT2D eigenvalue weighted by molar-refractivity contribution is 0.0941. The average Bonchev–Trinajstić information content (AvgIpc) is 2.93. The standard InChI is InChI=1S/C15H18FN3O/c1-3-19-14(8-9-18-19)15(20)17-10-11(2)12-4-6-13(16)7-5-12/h4-9,11H,3,10H2,1-2H3,(H,17,20). The molecular formula is C15H18FN3O. The van der Waals surface area contributed by atoms with Crippen molar-refractivity contribution in [1.29, 1.82) is 0 Å². The first kappa shape index (κ1) is 14.2. The van der Waals surface area contributed by atoms with Crippen LogP contribution in [0.5, 0.6) is 0 Å². The van der Waals surface area contributed by atoms with Crippen LogP contribution in [0.2, 0.25) is 0 Å². The number of carbonyl (C=O) groups is 1. The number of hydrogen-bond acceptors (Lipinski definition) is 2. The highest BCUT2D eigenvalue weighted by Gasteiger charge is 2.12. The first-order chi connectivity index (χ1) is 9.61. The van der Waals surface area contributed by atoms with Crippen molar-refractivity contribution in [2.75, 3.05) is 6.54 Å². The molecule has 0 aliphatic rings. The van der Waals surface area contributed by atoms with Crippen molar-refractivity contribution >= 4 is 5.91 Å². The summed E-state index contributed by atoms with van der Waals surface area (Å²) in [6.07, 6.45) is 1.61. The van der Waals surface area contributed by atoms with Gasteiger partial charge in [0, 0.05) is 19.3 Å². The average molecular weight is 275 g/mol. The molecule has 106 valence electrons. The summed E-state index contributed by atoms with van der Waals surface area (Å²) in [7, 11) is 0. The predicted molar refractivity (Wildman–Crippen MR) is 75.0 cm³/mol. The van der Waals surface area contributed by atoms with Gasteiger partial charge < -0.3 is 5.32 Å². The molecule has 1 unspecified atom stereocenters. The van der Waals surface area contributed by atoms with Gasteiger partial charge in [0.2, 0.25) is 0 Å². The van der Waals surface area contributed by atoms with Crippen LogP contribution in [-0.2, 0) is 6.54 Å². The van der Waals surface area contributed by atoms with Crippen molar-refractivity contribution < 1.29 is 9.18 Å². The van der Waals surface area contributed by atoms with E-state index >= 15 is 0 Å². The third kappa shape index (κ3) is 3.23. The Labute approximate surface area is 117 Å². The maximum absolute atomic E-state index is 12.9. The summed E-state index contributed by atoms with van der Waals surface area (Å²) in [4.78, 5) is 12.0. The summed E-state index contributed by atoms with van der Waals surface area (Å²) in [6, 6.07) is 8.03. The summed E-state index contributed by atoms with van der Waals surface area (Å²) < 4.78 is 14.5. The maximum Gasteiger partial charge on any atom is 0.269 e. The molecule has 5 heteroatoms. The molecule has 1 heterocycles. The number of aromatic nitrogens is 2. The number of aryl methyl sites for hydroxylation is 1. The van der Waals surface area contributed by atoms with Gasteiger partial charge in [0.25, 0.3) is 5.91 Å². The zero-order valence-electron chi connectivity index (χ0n) is 11.6. The Morgan fingerprint density at radius 2 is 2.05 bits per heavy atom. The second kappa shape index (κ2) is 6.32. The molecule has 0 fully saturated rings. The minimum absolute atomic E-state index is 0.123. The van der Waals surface area contributed by atoms with Crippen molar-refractivity contribution in [2.45, 2.75) is 26.3 Å². The molecule has 0 bridgehead atoms. The van der Waals surface area contributed by atoms with Gasteiger partial charge in [0.05, 0.1) is 0 Å². The highest BCUT2D eigenvalue weighted by molar-refractivity contribution is 5.92. The van der Waals surface area contributed by atoms with Crippen molar-refractivity contribution in [3.05, 3.63) is 53.6 Å². The molecule has 2 rings (SSSR count). The Kier molecular flexibility index (Phi) is 4.50. The van der Waals surface area contributed by atoms with Crippen molar-refractivity contribution in [3.8, 4) is 0 Å². The third-order valence-electron chi connectivity index (χ3n) is 3.26. The number of benzene rings is 1. The fraction of sp³-hybridized carbons (Fsp3) is 0.333. The summed E-state index contributed by atoms with van der Waals surface area (Å²) in [5, 5.41) is 6.94. The largest absolute Gasteiger partial charge is 0.350 e. The first-order valence-corrected chi connectivity index (χ1v) is 6.67. The highest BCUT2D eigenvalue weighted by atomic mass is 19.1. The van der Waals surface area contributed by atoms with Crippen LogP contribution in [0.3, 0.4) is 0 Å². The zero-order chi connectivity index (χ0) is 14.5. The van der Waals surface area contributed by atoms with Gasteiger partial charge in [-0.15, -0.1) is 0 Å². The summed E-state index contributed by atoms with van der Waals surface area (Å²) >= 11 is 0. The van der Waals surface area contributed by atoms with E-state index in [0.717, 1.165) is 5.56 Å². The van der Waals surface area contributed by atoms with Crippen molar-refractivity contribution in [1.82, 2.24) is 15.1 Å². The molecule has 0 saturated carbocycles. The molecule has 1 atom stereocenters. The van der Waals surface area contributed by atoms with Crippen LogP contribution in [0.1, 0.15) is 35.8 Å². The Bertz CT molecular complexity index is 577. The predicted octanol–water partition coefficient (Wildman–Crippen LogP) is 2.58. The van der Waals surface area contributed by atoms with Gasteiger partial charge in [0.15, 0.2) is 0 Å². The van der Waals surface area contributed by atoms with Crippen LogP contribution in [0.4, 0.5) is 4.39 Å². The van der Waals surface area contributed by atoms with Crippen LogP contribution < -0.4 is 5.32 Å². The van der Waals surface area contributed by atoms with E-state index in [1.165, 1.54) is 12.1 Å². The van der Waals surface area contributed by atoms with Crippen molar-refractivity contribution in [3.63, 3.8) is 0 Å². The lowest BCUT2D eigenvalue weighted by atomic mass is 10.0. The normalized spacial score (nSPS) is 12.2. The smallest absolute Gasteiger partial charge is 0.269 e. The molecule has 0 radical (unpaired) electrons. The number of nitrogens with zero attached hydrogens (tertiary/aromatic N) is 2. The van der Waals surface area contributed by atoms with Gasteiger partial charge in [-0.3, -0.25) is 9.48 Å². The number of hydrogen-bond donors (Lipinski definition) is 1. The molecular weight excluding hydrogens is 257 g/mol. The molecule has 20 heavy (non-hydrogen) atoms. The van der Waals surface area contributed by atoms with E-state index in [9.17, 15) is 9.18 Å². The molecule has 0 saturated heterocycles. The van der Waals surface area contributed by atoms with E-state index in [4.69, 9.17) is 0 Å². The van der Waals surface area contributed by atoms with E-state index in [2.05, 4.69) is 10.4 Å². The number of nitrogens with one attached hydrogen (secondary N) is 1. The number of carbonyl (C=O) groups excluding carboxylic acids is 1. The molecule has 1 aromatic carbocycles. The minimum atomic E-state index is -0.253. The molecule has 0 spiro atoms. The van der Waals surface area contributed by atoms with Gasteiger partial charge in [0.1, 0.15) is 11.5 Å². The topological polar surface area (TPSA) is 46.9 Å². The van der Waals surface area contributed by atoms with E-state index < -0.39 is 0 Å². The van der Waals surface area contributed by atoms with E-state index in [-0.39, 0.29) is 17.6 Å². The molecule has 4 nitrogen and oxygen atoms in total.